The van der Waals surface area contributed by atoms with Crippen LogP contribution in [-0.4, -0.2) is 41.8 Å². The van der Waals surface area contributed by atoms with Crippen LogP contribution in [0.3, 0.4) is 0 Å². The van der Waals surface area contributed by atoms with Gasteiger partial charge in [-0.05, 0) is 42.0 Å². The number of nitrogens with zero attached hydrogens (tertiary/aromatic N) is 1. The standard InChI is InChI=1S/C24H28FN3O3S/c1-2-14-28(21(29)16-26-23(30)20-9-6-15-32-20)22(17-10-12-18(25)13-11-17)24(31)27-19-7-4-3-5-8-19/h2,6,9-13,15,19,22H,1,3-5,7-8,14,16H2,(H,26,30)(H,27,31)/t22-/m1/s1. The Labute approximate surface area is 191 Å². The second kappa shape index (κ2) is 11.6. The Kier molecular flexibility index (Phi) is 8.56. The van der Waals surface area contributed by atoms with E-state index in [4.69, 9.17) is 0 Å². The van der Waals surface area contributed by atoms with Crippen molar-refractivity contribution >= 4 is 29.1 Å². The maximum atomic E-state index is 13.5. The van der Waals surface area contributed by atoms with Crippen molar-refractivity contribution in [3.63, 3.8) is 0 Å². The van der Waals surface area contributed by atoms with E-state index in [0.29, 0.717) is 10.4 Å². The lowest BCUT2D eigenvalue weighted by Gasteiger charge is -2.33. The molecule has 32 heavy (non-hydrogen) atoms. The first-order chi connectivity index (χ1) is 15.5. The zero-order valence-corrected chi connectivity index (χ0v) is 18.7. The van der Waals surface area contributed by atoms with Gasteiger partial charge in [0.2, 0.25) is 11.8 Å². The molecular weight excluding hydrogens is 429 g/mol. The number of carbonyl (C=O) groups excluding carboxylic acids is 3. The van der Waals surface area contributed by atoms with Gasteiger partial charge in [-0.15, -0.1) is 17.9 Å². The summed E-state index contributed by atoms with van der Waals surface area (Å²) in [6.07, 6.45) is 6.58. The molecule has 1 aromatic heterocycles. The minimum atomic E-state index is -0.957. The Hall–Kier alpha value is -3.00. The lowest BCUT2D eigenvalue weighted by atomic mass is 9.94. The van der Waals surface area contributed by atoms with Crippen molar-refractivity contribution in [2.24, 2.45) is 0 Å². The van der Waals surface area contributed by atoms with Gasteiger partial charge in [-0.1, -0.05) is 43.5 Å². The van der Waals surface area contributed by atoms with Gasteiger partial charge in [-0.3, -0.25) is 14.4 Å². The Bertz CT molecular complexity index is 924. The summed E-state index contributed by atoms with van der Waals surface area (Å²) < 4.78 is 13.5. The predicted molar refractivity (Wildman–Crippen MR) is 123 cm³/mol. The van der Waals surface area contributed by atoms with Crippen LogP contribution in [-0.2, 0) is 9.59 Å². The fourth-order valence-corrected chi connectivity index (χ4v) is 4.53. The summed E-state index contributed by atoms with van der Waals surface area (Å²) in [4.78, 5) is 40.5. The molecule has 3 amide bonds. The van der Waals surface area contributed by atoms with Crippen molar-refractivity contribution in [3.05, 3.63) is 70.7 Å². The average Bonchev–Trinajstić information content (AvgIpc) is 3.34. The molecule has 0 radical (unpaired) electrons. The monoisotopic (exact) mass is 457 g/mol. The van der Waals surface area contributed by atoms with Crippen molar-refractivity contribution in [2.45, 2.75) is 44.2 Å². The van der Waals surface area contributed by atoms with Crippen LogP contribution in [0.1, 0.15) is 53.4 Å². The second-order valence-electron chi connectivity index (χ2n) is 7.79. The zero-order chi connectivity index (χ0) is 22.9. The highest BCUT2D eigenvalue weighted by molar-refractivity contribution is 7.12. The van der Waals surface area contributed by atoms with Gasteiger partial charge in [0.1, 0.15) is 11.9 Å². The molecule has 0 bridgehead atoms. The van der Waals surface area contributed by atoms with Crippen LogP contribution in [0.5, 0.6) is 0 Å². The molecule has 1 fully saturated rings. The molecule has 3 rings (SSSR count). The van der Waals surface area contributed by atoms with Gasteiger partial charge < -0.3 is 15.5 Å². The summed E-state index contributed by atoms with van der Waals surface area (Å²) in [6.45, 7) is 3.55. The minimum absolute atomic E-state index is 0.0541. The highest BCUT2D eigenvalue weighted by Gasteiger charge is 2.32. The minimum Gasteiger partial charge on any atom is -0.351 e. The topological polar surface area (TPSA) is 78.5 Å². The maximum Gasteiger partial charge on any atom is 0.261 e. The van der Waals surface area contributed by atoms with Crippen molar-refractivity contribution in [2.75, 3.05) is 13.1 Å². The van der Waals surface area contributed by atoms with E-state index in [2.05, 4.69) is 17.2 Å². The van der Waals surface area contributed by atoms with Crippen molar-refractivity contribution in [3.8, 4) is 0 Å². The van der Waals surface area contributed by atoms with E-state index >= 15 is 0 Å². The molecule has 1 aliphatic carbocycles. The molecular formula is C24H28FN3O3S. The lowest BCUT2D eigenvalue weighted by Crippen LogP contribution is -2.49. The number of hydrogen-bond acceptors (Lipinski definition) is 4. The smallest absolute Gasteiger partial charge is 0.261 e. The highest BCUT2D eigenvalue weighted by atomic mass is 32.1. The van der Waals surface area contributed by atoms with Gasteiger partial charge in [0.25, 0.3) is 5.91 Å². The SMILES string of the molecule is C=CCN(C(=O)CNC(=O)c1cccs1)[C@@H](C(=O)NC1CCCCC1)c1ccc(F)cc1. The number of hydrogen-bond donors (Lipinski definition) is 2. The van der Waals surface area contributed by atoms with E-state index < -0.39 is 17.8 Å². The summed E-state index contributed by atoms with van der Waals surface area (Å²) in [6, 6.07) is 8.08. The lowest BCUT2D eigenvalue weighted by molar-refractivity contribution is -0.139. The number of nitrogens with one attached hydrogen (secondary N) is 2. The molecule has 1 aliphatic rings. The fraction of sp³-hybridized carbons (Fsp3) is 0.375. The van der Waals surface area contributed by atoms with E-state index in [9.17, 15) is 18.8 Å². The second-order valence-corrected chi connectivity index (χ2v) is 8.74. The molecule has 2 N–H and O–H groups in total. The van der Waals surface area contributed by atoms with E-state index in [1.54, 1.807) is 17.5 Å². The number of benzene rings is 1. The van der Waals surface area contributed by atoms with Gasteiger partial charge in [-0.2, -0.15) is 0 Å². The molecule has 170 valence electrons. The van der Waals surface area contributed by atoms with Crippen molar-refractivity contribution in [1.82, 2.24) is 15.5 Å². The van der Waals surface area contributed by atoms with Gasteiger partial charge >= 0.3 is 0 Å². The van der Waals surface area contributed by atoms with Crippen LogP contribution in [0.15, 0.2) is 54.4 Å². The molecule has 0 saturated heterocycles. The summed E-state index contributed by atoms with van der Waals surface area (Å²) in [5.74, 6) is -1.52. The first-order valence-electron chi connectivity index (χ1n) is 10.8. The molecule has 0 unspecified atom stereocenters. The normalized spacial score (nSPS) is 14.9. The summed E-state index contributed by atoms with van der Waals surface area (Å²) >= 11 is 1.28. The molecule has 1 aromatic carbocycles. The molecule has 0 aliphatic heterocycles. The average molecular weight is 458 g/mol. The summed E-state index contributed by atoms with van der Waals surface area (Å²) in [5.41, 5.74) is 0.500. The Balaban J connectivity index is 1.80. The highest BCUT2D eigenvalue weighted by Crippen LogP contribution is 2.24. The molecule has 1 atom stereocenters. The van der Waals surface area contributed by atoms with Crippen molar-refractivity contribution in [1.29, 1.82) is 0 Å². The molecule has 8 heteroatoms. The van der Waals surface area contributed by atoms with Crippen LogP contribution < -0.4 is 10.6 Å². The number of carbonyl (C=O) groups is 3. The number of amides is 3. The molecule has 6 nitrogen and oxygen atoms in total. The van der Waals surface area contributed by atoms with Crippen LogP contribution in [0.25, 0.3) is 0 Å². The third-order valence-electron chi connectivity index (χ3n) is 5.49. The molecule has 1 saturated carbocycles. The van der Waals surface area contributed by atoms with Crippen LogP contribution >= 0.6 is 11.3 Å². The fourth-order valence-electron chi connectivity index (χ4n) is 3.89. The number of thiophene rings is 1. The van der Waals surface area contributed by atoms with E-state index in [1.807, 2.05) is 0 Å². The molecule has 0 spiro atoms. The third-order valence-corrected chi connectivity index (χ3v) is 6.36. The van der Waals surface area contributed by atoms with E-state index in [0.717, 1.165) is 32.1 Å². The zero-order valence-electron chi connectivity index (χ0n) is 17.9. The van der Waals surface area contributed by atoms with E-state index in [1.165, 1.54) is 46.6 Å². The Morgan fingerprint density at radius 2 is 1.88 bits per heavy atom. The van der Waals surface area contributed by atoms with Crippen LogP contribution in [0, 0.1) is 5.82 Å². The third kappa shape index (κ3) is 6.26. The van der Waals surface area contributed by atoms with Gasteiger partial charge in [0.15, 0.2) is 0 Å². The maximum absolute atomic E-state index is 13.5. The first kappa shape index (κ1) is 23.7. The van der Waals surface area contributed by atoms with Gasteiger partial charge in [-0.25, -0.2) is 4.39 Å². The first-order valence-corrected chi connectivity index (χ1v) is 11.7. The largest absolute Gasteiger partial charge is 0.351 e. The molecule has 1 heterocycles. The quantitative estimate of drug-likeness (QED) is 0.562. The summed E-state index contributed by atoms with van der Waals surface area (Å²) in [5, 5.41) is 7.46. The van der Waals surface area contributed by atoms with Crippen LogP contribution in [0.4, 0.5) is 4.39 Å². The number of halogens is 1. The van der Waals surface area contributed by atoms with Crippen LogP contribution in [0.2, 0.25) is 0 Å². The summed E-state index contributed by atoms with van der Waals surface area (Å²) in [7, 11) is 0. The Morgan fingerprint density at radius 3 is 2.50 bits per heavy atom. The molecule has 2 aromatic rings. The number of rotatable bonds is 9. The predicted octanol–water partition coefficient (Wildman–Crippen LogP) is 3.82. The van der Waals surface area contributed by atoms with Crippen molar-refractivity contribution < 1.29 is 18.8 Å². The van der Waals surface area contributed by atoms with Gasteiger partial charge in [0, 0.05) is 12.6 Å². The van der Waals surface area contributed by atoms with Gasteiger partial charge in [0.05, 0.1) is 11.4 Å². The Morgan fingerprint density at radius 1 is 1.16 bits per heavy atom. The van der Waals surface area contributed by atoms with E-state index in [-0.39, 0.29) is 30.9 Å².